The lowest BCUT2D eigenvalue weighted by Crippen LogP contribution is -1.91. The summed E-state index contributed by atoms with van der Waals surface area (Å²) in [6, 6.07) is 4.03. The fraction of sp³-hybridized carbons (Fsp3) is 0.545. The standard InChI is InChI=1S/C11H15BrN/c1-10(12)4-2-3-5-11-6-8-13-9-7-11/h6-8,10H,2-5H2,1H3. The molecule has 2 heteroatoms. The smallest absolute Gasteiger partial charge is 0.0888 e. The lowest BCUT2D eigenvalue weighted by atomic mass is 10.1. The van der Waals surface area contributed by atoms with Crippen molar-refractivity contribution in [2.45, 2.75) is 37.4 Å². The molecule has 1 atom stereocenters. The van der Waals surface area contributed by atoms with Crippen molar-refractivity contribution in [3.8, 4) is 0 Å². The highest BCUT2D eigenvalue weighted by Gasteiger charge is 1.96. The highest BCUT2D eigenvalue weighted by Crippen LogP contribution is 2.10. The maximum absolute atomic E-state index is 3.87. The number of aryl methyl sites for hydroxylation is 1. The highest BCUT2D eigenvalue weighted by molar-refractivity contribution is 9.09. The number of hydrogen-bond donors (Lipinski definition) is 0. The maximum Gasteiger partial charge on any atom is 0.0888 e. The van der Waals surface area contributed by atoms with E-state index < -0.39 is 0 Å². The van der Waals surface area contributed by atoms with Gasteiger partial charge in [-0.15, -0.1) is 0 Å². The molecule has 1 aromatic heterocycles. The van der Waals surface area contributed by atoms with E-state index in [-0.39, 0.29) is 0 Å². The molecule has 0 aliphatic heterocycles. The van der Waals surface area contributed by atoms with E-state index in [1.807, 2.05) is 12.3 Å². The number of pyridine rings is 1. The summed E-state index contributed by atoms with van der Waals surface area (Å²) in [6.07, 6.45) is 9.61. The molecule has 0 amide bonds. The first-order valence-corrected chi connectivity index (χ1v) is 5.65. The van der Waals surface area contributed by atoms with Crippen LogP contribution < -0.4 is 0 Å². The average Bonchev–Trinajstić information content (AvgIpc) is 2.14. The molecule has 0 aromatic carbocycles. The Balaban J connectivity index is 2.13. The van der Waals surface area contributed by atoms with Gasteiger partial charge in [-0.2, -0.15) is 0 Å². The number of alkyl halides is 1. The number of unbranched alkanes of at least 4 members (excludes halogenated alkanes) is 1. The van der Waals surface area contributed by atoms with Crippen LogP contribution >= 0.6 is 15.9 Å². The molecule has 1 radical (unpaired) electrons. The van der Waals surface area contributed by atoms with E-state index in [2.05, 4.69) is 40.1 Å². The van der Waals surface area contributed by atoms with Crippen LogP contribution in [0.1, 0.15) is 31.7 Å². The zero-order valence-electron chi connectivity index (χ0n) is 7.96. The quantitative estimate of drug-likeness (QED) is 0.568. The normalized spacial score (nSPS) is 12.8. The monoisotopic (exact) mass is 240 g/mol. The van der Waals surface area contributed by atoms with Crippen molar-refractivity contribution >= 4 is 15.9 Å². The lowest BCUT2D eigenvalue weighted by Gasteiger charge is -2.02. The van der Waals surface area contributed by atoms with Crippen molar-refractivity contribution in [3.05, 3.63) is 30.1 Å². The number of rotatable bonds is 5. The third-order valence-electron chi connectivity index (χ3n) is 2.00. The molecule has 13 heavy (non-hydrogen) atoms. The highest BCUT2D eigenvalue weighted by atomic mass is 79.9. The molecule has 1 rings (SSSR count). The van der Waals surface area contributed by atoms with Crippen LogP contribution in [0.4, 0.5) is 0 Å². The second-order valence-corrected chi connectivity index (χ2v) is 4.88. The molecular weight excluding hydrogens is 226 g/mol. The first kappa shape index (κ1) is 10.7. The van der Waals surface area contributed by atoms with E-state index in [4.69, 9.17) is 0 Å². The summed E-state index contributed by atoms with van der Waals surface area (Å²) >= 11 is 3.54. The van der Waals surface area contributed by atoms with Gasteiger partial charge in [0.2, 0.25) is 0 Å². The topological polar surface area (TPSA) is 12.9 Å². The van der Waals surface area contributed by atoms with Gasteiger partial charge in [0.15, 0.2) is 0 Å². The molecule has 0 saturated carbocycles. The fourth-order valence-corrected chi connectivity index (χ4v) is 1.58. The van der Waals surface area contributed by atoms with Crippen LogP contribution in [0.2, 0.25) is 0 Å². The third kappa shape index (κ3) is 5.04. The summed E-state index contributed by atoms with van der Waals surface area (Å²) in [5.74, 6) is 0. The summed E-state index contributed by atoms with van der Waals surface area (Å²) in [4.78, 5) is 4.52. The first-order chi connectivity index (χ1) is 6.29. The van der Waals surface area contributed by atoms with Gasteiger partial charge in [-0.1, -0.05) is 29.3 Å². The Labute approximate surface area is 88.7 Å². The summed E-state index contributed by atoms with van der Waals surface area (Å²) in [6.45, 7) is 2.19. The van der Waals surface area contributed by atoms with E-state index in [0.29, 0.717) is 4.83 Å². The molecule has 71 valence electrons. The van der Waals surface area contributed by atoms with Gasteiger partial charge in [-0.3, -0.25) is 4.98 Å². The van der Waals surface area contributed by atoms with Crippen molar-refractivity contribution in [3.63, 3.8) is 0 Å². The Kier molecular flexibility index (Phi) is 5.06. The van der Waals surface area contributed by atoms with Crippen molar-refractivity contribution in [1.29, 1.82) is 0 Å². The molecule has 0 aliphatic rings. The van der Waals surface area contributed by atoms with Gasteiger partial charge in [0.25, 0.3) is 0 Å². The first-order valence-electron chi connectivity index (χ1n) is 4.74. The summed E-state index contributed by atoms with van der Waals surface area (Å²) in [7, 11) is 0. The molecule has 0 saturated heterocycles. The molecular formula is C11H15BrN. The molecule has 1 nitrogen and oxygen atoms in total. The maximum atomic E-state index is 3.87. The summed E-state index contributed by atoms with van der Waals surface area (Å²) in [5, 5.41) is 0. The Hall–Kier alpha value is -0.370. The SMILES string of the molecule is CC(Br)CCCCc1c[c]ncc1. The van der Waals surface area contributed by atoms with Crippen molar-refractivity contribution in [2.75, 3.05) is 0 Å². The molecule has 1 unspecified atom stereocenters. The van der Waals surface area contributed by atoms with Crippen molar-refractivity contribution in [1.82, 2.24) is 4.98 Å². The van der Waals surface area contributed by atoms with Gasteiger partial charge in [0.1, 0.15) is 0 Å². The summed E-state index contributed by atoms with van der Waals surface area (Å²) in [5.41, 5.74) is 1.34. The van der Waals surface area contributed by atoms with Gasteiger partial charge in [-0.05, 0) is 37.0 Å². The predicted molar refractivity (Wildman–Crippen MR) is 59.0 cm³/mol. The predicted octanol–water partition coefficient (Wildman–Crippen LogP) is 3.38. The van der Waals surface area contributed by atoms with Crippen LogP contribution in [0, 0.1) is 6.20 Å². The van der Waals surface area contributed by atoms with E-state index in [0.717, 1.165) is 6.42 Å². The van der Waals surface area contributed by atoms with Crippen LogP contribution in [-0.2, 0) is 6.42 Å². The molecule has 0 bridgehead atoms. The second kappa shape index (κ2) is 6.14. The molecule has 1 aromatic rings. The molecule has 0 aliphatic carbocycles. The van der Waals surface area contributed by atoms with Crippen LogP contribution in [0.5, 0.6) is 0 Å². The van der Waals surface area contributed by atoms with Crippen molar-refractivity contribution < 1.29 is 0 Å². The summed E-state index contributed by atoms with van der Waals surface area (Å²) < 4.78 is 0. The second-order valence-electron chi connectivity index (χ2n) is 3.32. The van der Waals surface area contributed by atoms with Crippen LogP contribution in [0.15, 0.2) is 18.3 Å². The molecule has 0 fully saturated rings. The van der Waals surface area contributed by atoms with Gasteiger partial charge in [0.05, 0.1) is 6.20 Å². The van der Waals surface area contributed by atoms with E-state index in [9.17, 15) is 0 Å². The molecule has 0 spiro atoms. The van der Waals surface area contributed by atoms with E-state index >= 15 is 0 Å². The Morgan fingerprint density at radius 3 is 3.00 bits per heavy atom. The zero-order chi connectivity index (χ0) is 9.52. The minimum atomic E-state index is 0.650. The Morgan fingerprint density at radius 1 is 1.54 bits per heavy atom. The van der Waals surface area contributed by atoms with E-state index in [1.54, 1.807) is 0 Å². The largest absolute Gasteiger partial charge is 0.255 e. The zero-order valence-corrected chi connectivity index (χ0v) is 9.55. The number of aromatic nitrogens is 1. The minimum Gasteiger partial charge on any atom is -0.255 e. The van der Waals surface area contributed by atoms with Crippen molar-refractivity contribution in [2.24, 2.45) is 0 Å². The van der Waals surface area contributed by atoms with Gasteiger partial charge >= 0.3 is 0 Å². The molecule has 1 heterocycles. The van der Waals surface area contributed by atoms with Gasteiger partial charge in [0, 0.05) is 11.0 Å². The Morgan fingerprint density at radius 2 is 2.38 bits per heavy atom. The average molecular weight is 241 g/mol. The van der Waals surface area contributed by atoms with E-state index in [1.165, 1.54) is 24.8 Å². The number of nitrogens with zero attached hydrogens (tertiary/aromatic N) is 1. The lowest BCUT2D eigenvalue weighted by molar-refractivity contribution is 0.680. The number of halogens is 1. The minimum absolute atomic E-state index is 0.650. The van der Waals surface area contributed by atoms with Crippen LogP contribution in [-0.4, -0.2) is 9.81 Å². The third-order valence-corrected chi connectivity index (χ3v) is 2.46. The molecule has 0 N–H and O–H groups in total. The van der Waals surface area contributed by atoms with Gasteiger partial charge in [-0.25, -0.2) is 0 Å². The van der Waals surface area contributed by atoms with Crippen LogP contribution in [0.25, 0.3) is 0 Å². The van der Waals surface area contributed by atoms with Crippen LogP contribution in [0.3, 0.4) is 0 Å². The van der Waals surface area contributed by atoms with Gasteiger partial charge < -0.3 is 0 Å². The fourth-order valence-electron chi connectivity index (χ4n) is 1.25. The Bertz CT molecular complexity index is 221. The number of hydrogen-bond acceptors (Lipinski definition) is 1.